The largest absolute Gasteiger partial charge is 0.586 e. The third kappa shape index (κ3) is 4.62. The third-order valence-corrected chi connectivity index (χ3v) is 3.77. The number of carbonyl (C=O) groups excluding carboxylic acids is 1. The highest BCUT2D eigenvalue weighted by Gasteiger charge is 2.43. The minimum absolute atomic E-state index is 0.0122. The van der Waals surface area contributed by atoms with Crippen LogP contribution in [-0.4, -0.2) is 37.8 Å². The summed E-state index contributed by atoms with van der Waals surface area (Å²) in [7, 11) is 3.08. The molecular weight excluding hydrogens is 365 g/mol. The summed E-state index contributed by atoms with van der Waals surface area (Å²) in [5, 5.41) is 2.59. The Hall–Kier alpha value is -2.94. The van der Waals surface area contributed by atoms with Gasteiger partial charge in [0.15, 0.2) is 23.1 Å². The first-order chi connectivity index (χ1) is 12.8. The maximum Gasteiger partial charge on any atom is 0.586 e. The fraction of sp³-hybridized carbons (Fsp3) is 0.278. The SMILES string of the molecule is COc1ccc(CN(C)CC(=O)Nc2ccc3c(c2)OC(F)(F)O3)cc1F. The van der Waals surface area contributed by atoms with Crippen LogP contribution in [0, 0.1) is 5.82 Å². The molecule has 1 aliphatic rings. The number of fused-ring (bicyclic) bond motifs is 1. The number of nitrogens with one attached hydrogen (secondary N) is 1. The molecule has 0 aliphatic carbocycles. The van der Waals surface area contributed by atoms with Crippen molar-refractivity contribution >= 4 is 11.6 Å². The molecule has 0 bridgehead atoms. The number of methoxy groups -OCH3 is 1. The minimum Gasteiger partial charge on any atom is -0.494 e. The van der Waals surface area contributed by atoms with Crippen LogP contribution in [0.5, 0.6) is 17.2 Å². The first-order valence-electron chi connectivity index (χ1n) is 7.96. The Bertz CT molecular complexity index is 860. The van der Waals surface area contributed by atoms with Gasteiger partial charge < -0.3 is 19.5 Å². The number of nitrogens with zero attached hydrogens (tertiary/aromatic N) is 1. The minimum atomic E-state index is -3.71. The van der Waals surface area contributed by atoms with Crippen LogP contribution in [0.15, 0.2) is 36.4 Å². The van der Waals surface area contributed by atoms with Gasteiger partial charge in [0.05, 0.1) is 13.7 Å². The van der Waals surface area contributed by atoms with Crippen molar-refractivity contribution in [1.29, 1.82) is 0 Å². The predicted octanol–water partition coefficient (Wildman–Crippen LogP) is 3.23. The summed E-state index contributed by atoms with van der Waals surface area (Å²) in [6.45, 7) is 0.347. The fourth-order valence-electron chi connectivity index (χ4n) is 2.65. The summed E-state index contributed by atoms with van der Waals surface area (Å²) in [4.78, 5) is 13.8. The number of anilines is 1. The summed E-state index contributed by atoms with van der Waals surface area (Å²) in [5.41, 5.74) is 0.970. The number of benzene rings is 2. The number of hydrogen-bond acceptors (Lipinski definition) is 5. The van der Waals surface area contributed by atoms with Crippen molar-refractivity contribution in [1.82, 2.24) is 4.90 Å². The van der Waals surface area contributed by atoms with Crippen LogP contribution in [0.4, 0.5) is 18.9 Å². The smallest absolute Gasteiger partial charge is 0.494 e. The third-order valence-electron chi connectivity index (χ3n) is 3.77. The Kier molecular flexibility index (Phi) is 5.13. The Morgan fingerprint density at radius 3 is 2.63 bits per heavy atom. The maximum absolute atomic E-state index is 13.7. The second-order valence-corrected chi connectivity index (χ2v) is 6.02. The van der Waals surface area contributed by atoms with Gasteiger partial charge in [-0.15, -0.1) is 8.78 Å². The lowest BCUT2D eigenvalue weighted by atomic mass is 10.2. The molecule has 0 aromatic heterocycles. The van der Waals surface area contributed by atoms with E-state index in [0.29, 0.717) is 17.8 Å². The summed E-state index contributed by atoms with van der Waals surface area (Å²) >= 11 is 0. The van der Waals surface area contributed by atoms with Crippen molar-refractivity contribution in [3.8, 4) is 17.2 Å². The van der Waals surface area contributed by atoms with Crippen molar-refractivity contribution in [3.63, 3.8) is 0 Å². The second-order valence-electron chi connectivity index (χ2n) is 6.02. The molecule has 0 spiro atoms. The van der Waals surface area contributed by atoms with E-state index in [1.807, 2.05) is 0 Å². The molecule has 27 heavy (non-hydrogen) atoms. The van der Waals surface area contributed by atoms with Crippen LogP contribution in [0.3, 0.4) is 0 Å². The molecule has 0 saturated carbocycles. The molecule has 0 saturated heterocycles. The van der Waals surface area contributed by atoms with E-state index in [0.717, 1.165) is 0 Å². The Morgan fingerprint density at radius 1 is 1.19 bits per heavy atom. The van der Waals surface area contributed by atoms with Gasteiger partial charge >= 0.3 is 6.29 Å². The molecule has 0 fully saturated rings. The molecule has 1 aliphatic heterocycles. The quantitative estimate of drug-likeness (QED) is 0.831. The average molecular weight is 382 g/mol. The molecule has 0 atom stereocenters. The van der Waals surface area contributed by atoms with E-state index in [9.17, 15) is 18.0 Å². The van der Waals surface area contributed by atoms with Crippen LogP contribution >= 0.6 is 0 Å². The first-order valence-corrected chi connectivity index (χ1v) is 7.96. The molecule has 1 amide bonds. The van der Waals surface area contributed by atoms with Crippen molar-refractivity contribution in [3.05, 3.63) is 47.8 Å². The lowest BCUT2D eigenvalue weighted by molar-refractivity contribution is -0.286. The lowest BCUT2D eigenvalue weighted by Gasteiger charge is -2.17. The Labute approximate surface area is 153 Å². The van der Waals surface area contributed by atoms with E-state index in [-0.39, 0.29) is 29.7 Å². The highest BCUT2D eigenvalue weighted by molar-refractivity contribution is 5.92. The van der Waals surface area contributed by atoms with Crippen LogP contribution in [0.25, 0.3) is 0 Å². The van der Waals surface area contributed by atoms with Crippen LogP contribution in [0.1, 0.15) is 5.56 Å². The highest BCUT2D eigenvalue weighted by Crippen LogP contribution is 2.42. The predicted molar refractivity (Wildman–Crippen MR) is 90.6 cm³/mol. The van der Waals surface area contributed by atoms with E-state index < -0.39 is 12.1 Å². The second kappa shape index (κ2) is 7.36. The molecule has 2 aromatic carbocycles. The number of rotatable bonds is 6. The summed E-state index contributed by atoms with van der Waals surface area (Å²) in [6.07, 6.45) is -3.71. The molecule has 6 nitrogen and oxygen atoms in total. The van der Waals surface area contributed by atoms with Gasteiger partial charge in [0, 0.05) is 18.3 Å². The normalized spacial score (nSPS) is 14.3. The number of likely N-dealkylation sites (N-methyl/N-ethyl adjacent to an activating group) is 1. The highest BCUT2D eigenvalue weighted by atomic mass is 19.3. The zero-order valence-electron chi connectivity index (χ0n) is 14.6. The van der Waals surface area contributed by atoms with E-state index in [2.05, 4.69) is 14.8 Å². The van der Waals surface area contributed by atoms with Gasteiger partial charge in [-0.2, -0.15) is 0 Å². The molecule has 9 heteroatoms. The lowest BCUT2D eigenvalue weighted by Crippen LogP contribution is -2.29. The van der Waals surface area contributed by atoms with Gasteiger partial charge in [0.2, 0.25) is 5.91 Å². The molecule has 1 N–H and O–H groups in total. The molecule has 0 unspecified atom stereocenters. The van der Waals surface area contributed by atoms with Gasteiger partial charge in [0.25, 0.3) is 0 Å². The van der Waals surface area contributed by atoms with E-state index in [4.69, 9.17) is 4.74 Å². The molecule has 3 rings (SSSR count). The van der Waals surface area contributed by atoms with Gasteiger partial charge in [-0.3, -0.25) is 9.69 Å². The molecule has 0 radical (unpaired) electrons. The molecule has 1 heterocycles. The average Bonchev–Trinajstić information content (AvgIpc) is 2.87. The van der Waals surface area contributed by atoms with E-state index in [1.165, 1.54) is 37.4 Å². The number of alkyl halides is 2. The fourth-order valence-corrected chi connectivity index (χ4v) is 2.65. The summed E-state index contributed by atoms with van der Waals surface area (Å²) < 4.78 is 53.2. The van der Waals surface area contributed by atoms with Crippen molar-refractivity contribution in [2.45, 2.75) is 12.8 Å². The number of halogens is 3. The molecule has 2 aromatic rings. The molecule has 144 valence electrons. The van der Waals surface area contributed by atoms with Gasteiger partial charge in [-0.25, -0.2) is 4.39 Å². The summed E-state index contributed by atoms with van der Waals surface area (Å²) in [6, 6.07) is 8.53. The van der Waals surface area contributed by atoms with E-state index in [1.54, 1.807) is 18.0 Å². The number of hydrogen-bond donors (Lipinski definition) is 1. The van der Waals surface area contributed by atoms with E-state index >= 15 is 0 Å². The summed E-state index contributed by atoms with van der Waals surface area (Å²) in [5.74, 6) is -0.953. The van der Waals surface area contributed by atoms with Crippen molar-refractivity contribution in [2.24, 2.45) is 0 Å². The Balaban J connectivity index is 1.56. The number of ether oxygens (including phenoxy) is 3. The number of amides is 1. The van der Waals surface area contributed by atoms with Crippen LogP contribution in [-0.2, 0) is 11.3 Å². The van der Waals surface area contributed by atoms with Crippen molar-refractivity contribution in [2.75, 3.05) is 26.0 Å². The van der Waals surface area contributed by atoms with Gasteiger partial charge in [-0.05, 0) is 36.9 Å². The Morgan fingerprint density at radius 2 is 1.93 bits per heavy atom. The first kappa shape index (κ1) is 18.8. The van der Waals surface area contributed by atoms with Gasteiger partial charge in [-0.1, -0.05) is 6.07 Å². The zero-order valence-corrected chi connectivity index (χ0v) is 14.6. The molecular formula is C18H17F3N2O4. The van der Waals surface area contributed by atoms with Crippen LogP contribution < -0.4 is 19.5 Å². The standard InChI is InChI=1S/C18H17F3N2O4/c1-23(9-11-3-5-14(25-2)13(19)7-11)10-17(24)22-12-4-6-15-16(8-12)27-18(20,21)26-15/h3-8H,9-10H2,1-2H3,(H,22,24). The number of carbonyl (C=O) groups is 1. The van der Waals surface area contributed by atoms with Crippen molar-refractivity contribution < 1.29 is 32.2 Å². The maximum atomic E-state index is 13.7. The van der Waals surface area contributed by atoms with Crippen LogP contribution in [0.2, 0.25) is 0 Å². The zero-order chi connectivity index (χ0) is 19.6. The van der Waals surface area contributed by atoms with Gasteiger partial charge in [0.1, 0.15) is 0 Å². The topological polar surface area (TPSA) is 60.0 Å². The monoisotopic (exact) mass is 382 g/mol.